The predicted octanol–water partition coefficient (Wildman–Crippen LogP) is -0.521. The van der Waals surface area contributed by atoms with Gasteiger partial charge in [-0.15, -0.1) is 0 Å². The van der Waals surface area contributed by atoms with E-state index < -0.39 is 0 Å². The van der Waals surface area contributed by atoms with Gasteiger partial charge in [0.15, 0.2) is 0 Å². The van der Waals surface area contributed by atoms with E-state index in [-0.39, 0.29) is 11.9 Å². The van der Waals surface area contributed by atoms with Crippen molar-refractivity contribution in [2.45, 2.75) is 31.8 Å². The summed E-state index contributed by atoms with van der Waals surface area (Å²) in [6.45, 7) is 4.97. The van der Waals surface area contributed by atoms with Crippen LogP contribution in [-0.4, -0.2) is 51.3 Å². The van der Waals surface area contributed by atoms with Crippen LogP contribution in [0.25, 0.3) is 0 Å². The number of carbonyl (C=O) groups excluding carboxylic acids is 1. The van der Waals surface area contributed by atoms with Crippen LogP contribution in [0.2, 0.25) is 0 Å². The van der Waals surface area contributed by atoms with Crippen LogP contribution in [0, 0.1) is 0 Å². The minimum absolute atomic E-state index is 0.0371. The first-order valence-electron chi connectivity index (χ1n) is 5.97. The van der Waals surface area contributed by atoms with Gasteiger partial charge in [-0.05, 0) is 26.3 Å². The molecule has 1 aliphatic rings. The fourth-order valence-electron chi connectivity index (χ4n) is 1.77. The first-order valence-corrected chi connectivity index (χ1v) is 5.97. The van der Waals surface area contributed by atoms with Gasteiger partial charge in [0.1, 0.15) is 0 Å². The van der Waals surface area contributed by atoms with Gasteiger partial charge in [0, 0.05) is 26.2 Å². The van der Waals surface area contributed by atoms with Gasteiger partial charge in [0.05, 0.1) is 12.6 Å². The number of hydrogen-bond acceptors (Lipinski definition) is 4. The SMILES string of the molecule is COCCNC(=O)C(C)NCC1CCCN1. The largest absolute Gasteiger partial charge is 0.383 e. The van der Waals surface area contributed by atoms with E-state index in [1.165, 1.54) is 12.8 Å². The Morgan fingerprint density at radius 1 is 1.62 bits per heavy atom. The lowest BCUT2D eigenvalue weighted by Crippen LogP contribution is -2.46. The summed E-state index contributed by atoms with van der Waals surface area (Å²) in [4.78, 5) is 11.6. The Labute approximate surface area is 97.3 Å². The second-order valence-corrected chi connectivity index (χ2v) is 4.21. The Balaban J connectivity index is 2.07. The number of rotatable bonds is 7. The molecule has 0 aromatic heterocycles. The Morgan fingerprint density at radius 3 is 3.06 bits per heavy atom. The van der Waals surface area contributed by atoms with Crippen LogP contribution in [-0.2, 0) is 9.53 Å². The minimum atomic E-state index is -0.140. The average Bonchev–Trinajstić information content (AvgIpc) is 2.79. The summed E-state index contributed by atoms with van der Waals surface area (Å²) in [7, 11) is 1.62. The van der Waals surface area contributed by atoms with Crippen molar-refractivity contribution in [2.24, 2.45) is 0 Å². The van der Waals surface area contributed by atoms with E-state index in [1.807, 2.05) is 6.92 Å². The molecule has 1 amide bonds. The number of carbonyl (C=O) groups is 1. The van der Waals surface area contributed by atoms with Crippen LogP contribution in [0.15, 0.2) is 0 Å². The number of methoxy groups -OCH3 is 1. The van der Waals surface area contributed by atoms with Crippen molar-refractivity contribution in [1.29, 1.82) is 0 Å². The second-order valence-electron chi connectivity index (χ2n) is 4.21. The topological polar surface area (TPSA) is 62.4 Å². The van der Waals surface area contributed by atoms with Gasteiger partial charge in [0.25, 0.3) is 0 Å². The quantitative estimate of drug-likeness (QED) is 0.514. The molecule has 94 valence electrons. The summed E-state index contributed by atoms with van der Waals surface area (Å²) in [6.07, 6.45) is 2.44. The Hall–Kier alpha value is -0.650. The molecule has 0 bridgehead atoms. The highest BCUT2D eigenvalue weighted by molar-refractivity contribution is 5.81. The lowest BCUT2D eigenvalue weighted by molar-refractivity contribution is -0.122. The molecule has 5 nitrogen and oxygen atoms in total. The third-order valence-electron chi connectivity index (χ3n) is 2.83. The molecule has 1 heterocycles. The van der Waals surface area contributed by atoms with Gasteiger partial charge in [-0.25, -0.2) is 0 Å². The van der Waals surface area contributed by atoms with Crippen molar-refractivity contribution >= 4 is 5.91 Å². The molecule has 0 aromatic carbocycles. The van der Waals surface area contributed by atoms with Crippen molar-refractivity contribution < 1.29 is 9.53 Å². The Bertz CT molecular complexity index is 205. The molecule has 0 saturated carbocycles. The third kappa shape index (κ3) is 4.92. The molecule has 1 fully saturated rings. The maximum absolute atomic E-state index is 11.6. The maximum Gasteiger partial charge on any atom is 0.236 e. The zero-order valence-corrected chi connectivity index (χ0v) is 10.2. The van der Waals surface area contributed by atoms with Crippen LogP contribution >= 0.6 is 0 Å². The van der Waals surface area contributed by atoms with Crippen molar-refractivity contribution in [3.05, 3.63) is 0 Å². The average molecular weight is 229 g/mol. The van der Waals surface area contributed by atoms with E-state index in [9.17, 15) is 4.79 Å². The highest BCUT2D eigenvalue weighted by atomic mass is 16.5. The third-order valence-corrected chi connectivity index (χ3v) is 2.83. The fourth-order valence-corrected chi connectivity index (χ4v) is 1.77. The number of nitrogens with one attached hydrogen (secondary N) is 3. The van der Waals surface area contributed by atoms with E-state index in [0.717, 1.165) is 13.1 Å². The predicted molar refractivity (Wildman–Crippen MR) is 63.4 cm³/mol. The lowest BCUT2D eigenvalue weighted by atomic mass is 10.2. The summed E-state index contributed by atoms with van der Waals surface area (Å²) < 4.78 is 4.87. The van der Waals surface area contributed by atoms with Crippen LogP contribution in [0.3, 0.4) is 0 Å². The molecule has 16 heavy (non-hydrogen) atoms. The van der Waals surface area contributed by atoms with Crippen LogP contribution in [0.4, 0.5) is 0 Å². The van der Waals surface area contributed by atoms with Crippen molar-refractivity contribution in [3.63, 3.8) is 0 Å². The van der Waals surface area contributed by atoms with E-state index in [4.69, 9.17) is 4.74 Å². The van der Waals surface area contributed by atoms with E-state index in [0.29, 0.717) is 19.2 Å². The molecule has 5 heteroatoms. The summed E-state index contributed by atoms with van der Waals surface area (Å²) >= 11 is 0. The van der Waals surface area contributed by atoms with Crippen molar-refractivity contribution in [1.82, 2.24) is 16.0 Å². The van der Waals surface area contributed by atoms with E-state index >= 15 is 0 Å². The summed E-state index contributed by atoms with van der Waals surface area (Å²) in [5.41, 5.74) is 0. The molecule has 0 radical (unpaired) electrons. The van der Waals surface area contributed by atoms with Gasteiger partial charge in [-0.1, -0.05) is 0 Å². The molecule has 2 atom stereocenters. The molecule has 0 aliphatic carbocycles. The van der Waals surface area contributed by atoms with Crippen LogP contribution < -0.4 is 16.0 Å². The standard InChI is InChI=1S/C11H23N3O2/c1-9(11(15)13-6-7-16-2)14-8-10-4-3-5-12-10/h9-10,12,14H,3-8H2,1-2H3,(H,13,15). The number of amides is 1. The van der Waals surface area contributed by atoms with E-state index in [2.05, 4.69) is 16.0 Å². The molecule has 0 aromatic rings. The van der Waals surface area contributed by atoms with Crippen LogP contribution in [0.1, 0.15) is 19.8 Å². The zero-order chi connectivity index (χ0) is 11.8. The molecule has 1 saturated heterocycles. The van der Waals surface area contributed by atoms with Gasteiger partial charge in [-0.2, -0.15) is 0 Å². The highest BCUT2D eigenvalue weighted by Crippen LogP contribution is 2.03. The number of hydrogen-bond donors (Lipinski definition) is 3. The first-order chi connectivity index (χ1) is 7.74. The molecular weight excluding hydrogens is 206 g/mol. The van der Waals surface area contributed by atoms with Gasteiger partial charge < -0.3 is 20.7 Å². The lowest BCUT2D eigenvalue weighted by Gasteiger charge is -2.17. The molecule has 1 rings (SSSR count). The van der Waals surface area contributed by atoms with Gasteiger partial charge in [0.2, 0.25) is 5.91 Å². The Morgan fingerprint density at radius 2 is 2.44 bits per heavy atom. The van der Waals surface area contributed by atoms with Gasteiger partial charge in [-0.3, -0.25) is 4.79 Å². The zero-order valence-electron chi connectivity index (χ0n) is 10.2. The van der Waals surface area contributed by atoms with Gasteiger partial charge >= 0.3 is 0 Å². The monoisotopic (exact) mass is 229 g/mol. The Kier molecular flexibility index (Phi) is 6.37. The molecule has 1 aliphatic heterocycles. The maximum atomic E-state index is 11.6. The second kappa shape index (κ2) is 7.60. The summed E-state index contributed by atoms with van der Waals surface area (Å²) in [5.74, 6) is 0.0371. The van der Waals surface area contributed by atoms with Crippen molar-refractivity contribution in [3.8, 4) is 0 Å². The van der Waals surface area contributed by atoms with Crippen molar-refractivity contribution in [2.75, 3.05) is 33.4 Å². The molecule has 2 unspecified atom stereocenters. The molecule has 3 N–H and O–H groups in total. The minimum Gasteiger partial charge on any atom is -0.383 e. The molecular formula is C11H23N3O2. The summed E-state index contributed by atoms with van der Waals surface area (Å²) in [5, 5.41) is 9.44. The molecule has 0 spiro atoms. The highest BCUT2D eigenvalue weighted by Gasteiger charge is 2.17. The fraction of sp³-hybridized carbons (Fsp3) is 0.909. The normalized spacial score (nSPS) is 22.0. The smallest absolute Gasteiger partial charge is 0.236 e. The summed E-state index contributed by atoms with van der Waals surface area (Å²) in [6, 6.07) is 0.383. The van der Waals surface area contributed by atoms with Crippen LogP contribution in [0.5, 0.6) is 0 Å². The first kappa shape index (κ1) is 13.4. The van der Waals surface area contributed by atoms with E-state index in [1.54, 1.807) is 7.11 Å². The number of ether oxygens (including phenoxy) is 1.